The van der Waals surface area contributed by atoms with Crippen molar-refractivity contribution in [3.63, 3.8) is 0 Å². The lowest BCUT2D eigenvalue weighted by Gasteiger charge is -2.63. The van der Waals surface area contributed by atoms with E-state index in [0.29, 0.717) is 12.8 Å². The molecule has 1 aliphatic carbocycles. The Kier molecular flexibility index (Phi) is 3.02. The highest BCUT2D eigenvalue weighted by atomic mass is 16.7. The van der Waals surface area contributed by atoms with Crippen LogP contribution in [0.25, 0.3) is 0 Å². The standard InChI is InChI=1S/C16H16N4O2/c1-2-5-12-15(10-19)13(20)22-16(21-12)7-4-3-6-11(16)14(15,8-17)9-18/h2,5,11-12,20H,3-4,6-7H2,1H3/b5-2+,20-13?/t11-,12-,15-,16+/m1/s1. The number of fused-ring (bicyclic) bond motifs is 2. The first-order valence-corrected chi connectivity index (χ1v) is 7.39. The van der Waals surface area contributed by atoms with Gasteiger partial charge in [0.05, 0.1) is 24.1 Å². The molecule has 1 N–H and O–H groups in total. The number of ether oxygens (including phenoxy) is 2. The maximum Gasteiger partial charge on any atom is 0.218 e. The minimum atomic E-state index is -1.72. The third-order valence-corrected chi connectivity index (χ3v) is 5.23. The summed E-state index contributed by atoms with van der Waals surface area (Å²) >= 11 is 0. The molecule has 22 heavy (non-hydrogen) atoms. The smallest absolute Gasteiger partial charge is 0.218 e. The van der Waals surface area contributed by atoms with E-state index >= 15 is 0 Å². The van der Waals surface area contributed by atoms with Gasteiger partial charge in [-0.1, -0.05) is 18.6 Å². The molecule has 3 saturated heterocycles. The fourth-order valence-corrected chi connectivity index (χ4v) is 4.23. The van der Waals surface area contributed by atoms with Crippen LogP contribution in [0.5, 0.6) is 0 Å². The van der Waals surface area contributed by atoms with Crippen LogP contribution in [0.1, 0.15) is 32.6 Å². The summed E-state index contributed by atoms with van der Waals surface area (Å²) < 4.78 is 11.8. The van der Waals surface area contributed by atoms with Gasteiger partial charge in [0, 0.05) is 6.42 Å². The number of hydrogen-bond donors (Lipinski definition) is 1. The average Bonchev–Trinajstić information content (AvgIpc) is 2.53. The fourth-order valence-electron chi connectivity index (χ4n) is 4.23. The molecular weight excluding hydrogens is 280 g/mol. The molecule has 0 aromatic heterocycles. The number of allylic oxidation sites excluding steroid dienone is 1. The maximum atomic E-state index is 9.84. The van der Waals surface area contributed by atoms with Gasteiger partial charge in [-0.05, 0) is 19.8 Å². The molecule has 112 valence electrons. The molecule has 6 nitrogen and oxygen atoms in total. The molecule has 0 unspecified atom stereocenters. The Hall–Kier alpha value is -2.36. The number of nitrogens with one attached hydrogen (secondary N) is 1. The predicted octanol–water partition coefficient (Wildman–Crippen LogP) is 2.40. The Labute approximate surface area is 129 Å². The van der Waals surface area contributed by atoms with E-state index in [1.165, 1.54) is 0 Å². The molecule has 2 bridgehead atoms. The summed E-state index contributed by atoms with van der Waals surface area (Å²) in [7, 11) is 0. The maximum absolute atomic E-state index is 9.84. The van der Waals surface area contributed by atoms with Crippen LogP contribution in [0.15, 0.2) is 12.2 Å². The molecule has 0 amide bonds. The molecule has 6 heteroatoms. The molecule has 1 spiro atoms. The summed E-state index contributed by atoms with van der Waals surface area (Å²) in [5, 5.41) is 37.8. The minimum Gasteiger partial charge on any atom is -0.447 e. The topological polar surface area (TPSA) is 114 Å². The van der Waals surface area contributed by atoms with E-state index in [9.17, 15) is 15.8 Å². The third kappa shape index (κ3) is 1.33. The molecule has 4 fully saturated rings. The van der Waals surface area contributed by atoms with E-state index in [1.54, 1.807) is 19.1 Å². The van der Waals surface area contributed by atoms with E-state index < -0.39 is 28.6 Å². The third-order valence-electron chi connectivity index (χ3n) is 5.23. The Morgan fingerprint density at radius 2 is 1.95 bits per heavy atom. The average molecular weight is 296 g/mol. The second-order valence-corrected chi connectivity index (χ2v) is 6.06. The van der Waals surface area contributed by atoms with Gasteiger partial charge in [0.2, 0.25) is 11.7 Å². The lowest BCUT2D eigenvalue weighted by molar-refractivity contribution is -0.347. The lowest BCUT2D eigenvalue weighted by atomic mass is 9.49. The van der Waals surface area contributed by atoms with Crippen LogP contribution in [0, 0.1) is 56.2 Å². The summed E-state index contributed by atoms with van der Waals surface area (Å²) in [5.74, 6) is -1.96. The van der Waals surface area contributed by atoms with Gasteiger partial charge in [0.25, 0.3) is 0 Å². The molecule has 0 aromatic rings. The minimum absolute atomic E-state index is 0.314. The van der Waals surface area contributed by atoms with Gasteiger partial charge in [0.15, 0.2) is 10.8 Å². The SMILES string of the molecule is C/C=C/[C@H]1O[C@]23CCCC[C@@H]2C(C#N)(C#N)[C@@]1(C#N)C(=N)O3. The van der Waals surface area contributed by atoms with Crippen molar-refractivity contribution < 1.29 is 9.47 Å². The normalized spacial score (nSPS) is 41.8. The monoisotopic (exact) mass is 296 g/mol. The zero-order valence-electron chi connectivity index (χ0n) is 12.3. The Balaban J connectivity index is 2.32. The van der Waals surface area contributed by atoms with Gasteiger partial charge < -0.3 is 9.47 Å². The van der Waals surface area contributed by atoms with Gasteiger partial charge in [-0.3, -0.25) is 5.41 Å². The fraction of sp³-hybridized carbons (Fsp3) is 0.625. The molecule has 4 rings (SSSR count). The summed E-state index contributed by atoms with van der Waals surface area (Å²) in [6.07, 6.45) is 5.35. The highest BCUT2D eigenvalue weighted by Crippen LogP contribution is 2.65. The van der Waals surface area contributed by atoms with Crippen LogP contribution in [0.3, 0.4) is 0 Å². The first-order chi connectivity index (χ1) is 10.6. The summed E-state index contributed by atoms with van der Waals surface area (Å²) in [4.78, 5) is 0. The lowest BCUT2D eigenvalue weighted by Crippen LogP contribution is -2.75. The van der Waals surface area contributed by atoms with Gasteiger partial charge in [-0.15, -0.1) is 0 Å². The van der Waals surface area contributed by atoms with Crippen molar-refractivity contribution in [2.75, 3.05) is 0 Å². The second-order valence-electron chi connectivity index (χ2n) is 6.06. The zero-order chi connectivity index (χ0) is 16.0. The molecule has 0 aromatic carbocycles. The van der Waals surface area contributed by atoms with Crippen LogP contribution < -0.4 is 0 Å². The molecule has 1 saturated carbocycles. The van der Waals surface area contributed by atoms with Crippen LogP contribution >= 0.6 is 0 Å². The van der Waals surface area contributed by atoms with Gasteiger partial charge in [-0.2, -0.15) is 15.8 Å². The molecule has 4 atom stereocenters. The molecule has 3 aliphatic heterocycles. The number of nitriles is 3. The van der Waals surface area contributed by atoms with Crippen molar-refractivity contribution in [2.45, 2.75) is 44.5 Å². The highest BCUT2D eigenvalue weighted by molar-refractivity contribution is 5.89. The quantitative estimate of drug-likeness (QED) is 0.746. The Morgan fingerprint density at radius 3 is 2.55 bits per heavy atom. The number of rotatable bonds is 1. The first kappa shape index (κ1) is 14.6. The summed E-state index contributed by atoms with van der Waals surface area (Å²) in [6.45, 7) is 1.78. The molecule has 0 radical (unpaired) electrons. The first-order valence-electron chi connectivity index (χ1n) is 7.39. The van der Waals surface area contributed by atoms with Crippen molar-refractivity contribution in [1.29, 1.82) is 21.2 Å². The van der Waals surface area contributed by atoms with Crippen molar-refractivity contribution in [3.8, 4) is 18.2 Å². The number of nitrogens with zero attached hydrogens (tertiary/aromatic N) is 3. The Morgan fingerprint density at radius 1 is 1.23 bits per heavy atom. The van der Waals surface area contributed by atoms with E-state index in [4.69, 9.17) is 14.9 Å². The van der Waals surface area contributed by atoms with Crippen LogP contribution in [0.2, 0.25) is 0 Å². The highest BCUT2D eigenvalue weighted by Gasteiger charge is 2.79. The van der Waals surface area contributed by atoms with E-state index in [2.05, 4.69) is 12.1 Å². The molecular formula is C16H16N4O2. The van der Waals surface area contributed by atoms with Gasteiger partial charge in [0.1, 0.15) is 6.10 Å². The van der Waals surface area contributed by atoms with Crippen molar-refractivity contribution in [1.82, 2.24) is 0 Å². The summed E-state index contributed by atoms with van der Waals surface area (Å²) in [5.41, 5.74) is -3.34. The van der Waals surface area contributed by atoms with Gasteiger partial charge >= 0.3 is 0 Å². The van der Waals surface area contributed by atoms with Crippen LogP contribution in [-0.2, 0) is 9.47 Å². The number of hydrogen-bond acceptors (Lipinski definition) is 6. The van der Waals surface area contributed by atoms with Crippen molar-refractivity contribution in [2.24, 2.45) is 16.7 Å². The largest absolute Gasteiger partial charge is 0.447 e. The van der Waals surface area contributed by atoms with Crippen LogP contribution in [0.4, 0.5) is 0 Å². The van der Waals surface area contributed by atoms with E-state index in [-0.39, 0.29) is 5.90 Å². The van der Waals surface area contributed by atoms with E-state index in [0.717, 1.165) is 12.8 Å². The second kappa shape index (κ2) is 4.57. The predicted molar refractivity (Wildman–Crippen MR) is 74.9 cm³/mol. The van der Waals surface area contributed by atoms with Crippen molar-refractivity contribution in [3.05, 3.63) is 12.2 Å². The molecule has 3 heterocycles. The summed E-state index contributed by atoms with van der Waals surface area (Å²) in [6, 6.07) is 6.21. The van der Waals surface area contributed by atoms with Crippen molar-refractivity contribution >= 4 is 5.90 Å². The van der Waals surface area contributed by atoms with E-state index in [1.807, 2.05) is 6.07 Å². The Bertz CT molecular complexity index is 666. The zero-order valence-corrected chi connectivity index (χ0v) is 12.3. The van der Waals surface area contributed by atoms with Gasteiger partial charge in [-0.25, -0.2) is 0 Å². The van der Waals surface area contributed by atoms with Crippen LogP contribution in [-0.4, -0.2) is 17.8 Å². The molecule has 4 aliphatic rings.